The number of halogens is 3. The average Bonchev–Trinajstić information content (AvgIpc) is 3.19. The summed E-state index contributed by atoms with van der Waals surface area (Å²) in [6.45, 7) is 0.276. The zero-order chi connectivity index (χ0) is 21.7. The number of carbonyl (C=O) groups is 2. The zero-order valence-electron chi connectivity index (χ0n) is 15.9. The molecule has 9 heteroatoms. The smallest absolute Gasteiger partial charge is 0.253 e. The number of nitrogens with one attached hydrogen (secondary N) is 3. The van der Waals surface area contributed by atoms with Gasteiger partial charge in [0, 0.05) is 12.6 Å². The number of amides is 2. The third-order valence-corrected chi connectivity index (χ3v) is 4.80. The molecule has 3 aromatic rings. The van der Waals surface area contributed by atoms with E-state index in [1.165, 1.54) is 13.1 Å². The number of furan rings is 1. The molecule has 0 saturated heterocycles. The van der Waals surface area contributed by atoms with E-state index < -0.39 is 5.82 Å². The second-order valence-corrected chi connectivity index (χ2v) is 7.10. The monoisotopic (exact) mass is 449 g/mol. The van der Waals surface area contributed by atoms with Gasteiger partial charge in [-0.1, -0.05) is 35.3 Å². The lowest BCUT2D eigenvalue weighted by molar-refractivity contribution is -0.115. The summed E-state index contributed by atoms with van der Waals surface area (Å²) in [6.07, 6.45) is 0. The first-order valence-corrected chi connectivity index (χ1v) is 9.70. The Bertz CT molecular complexity index is 1090. The van der Waals surface area contributed by atoms with Crippen LogP contribution in [0.15, 0.2) is 52.9 Å². The van der Waals surface area contributed by atoms with Crippen LogP contribution in [-0.2, 0) is 11.3 Å². The summed E-state index contributed by atoms with van der Waals surface area (Å²) in [5.74, 6) is -0.223. The van der Waals surface area contributed by atoms with Crippen LogP contribution in [-0.4, -0.2) is 25.4 Å². The molecule has 3 rings (SSSR count). The van der Waals surface area contributed by atoms with Crippen LogP contribution >= 0.6 is 23.2 Å². The maximum absolute atomic E-state index is 13.5. The highest BCUT2D eigenvalue weighted by Gasteiger charge is 2.14. The van der Waals surface area contributed by atoms with E-state index in [0.29, 0.717) is 28.3 Å². The molecule has 0 bridgehead atoms. The van der Waals surface area contributed by atoms with E-state index in [-0.39, 0.29) is 34.9 Å². The molecule has 0 radical (unpaired) electrons. The summed E-state index contributed by atoms with van der Waals surface area (Å²) < 4.78 is 19.1. The number of anilines is 1. The van der Waals surface area contributed by atoms with Gasteiger partial charge in [0.25, 0.3) is 5.91 Å². The van der Waals surface area contributed by atoms with Gasteiger partial charge in [-0.2, -0.15) is 0 Å². The Hall–Kier alpha value is -2.87. The van der Waals surface area contributed by atoms with E-state index in [1.807, 2.05) is 0 Å². The van der Waals surface area contributed by atoms with Gasteiger partial charge in [-0.25, -0.2) is 4.39 Å². The van der Waals surface area contributed by atoms with Crippen LogP contribution in [0.5, 0.6) is 0 Å². The Kier molecular flexibility index (Phi) is 7.10. The summed E-state index contributed by atoms with van der Waals surface area (Å²) >= 11 is 11.9. The van der Waals surface area contributed by atoms with Gasteiger partial charge in [-0.15, -0.1) is 0 Å². The highest BCUT2D eigenvalue weighted by Crippen LogP contribution is 2.33. The lowest BCUT2D eigenvalue weighted by atomic mass is 10.1. The molecule has 6 nitrogen and oxygen atoms in total. The van der Waals surface area contributed by atoms with E-state index in [0.717, 1.165) is 6.07 Å². The maximum atomic E-state index is 13.5. The van der Waals surface area contributed by atoms with Gasteiger partial charge in [0.05, 0.1) is 34.4 Å². The molecule has 3 N–H and O–H groups in total. The Labute approximate surface area is 182 Å². The van der Waals surface area contributed by atoms with Crippen LogP contribution in [0.25, 0.3) is 11.3 Å². The Balaban J connectivity index is 1.57. The normalized spacial score (nSPS) is 10.7. The predicted molar refractivity (Wildman–Crippen MR) is 114 cm³/mol. The number of hydrogen-bond acceptors (Lipinski definition) is 4. The quantitative estimate of drug-likeness (QED) is 0.464. The lowest BCUT2D eigenvalue weighted by Crippen LogP contribution is -2.29. The topological polar surface area (TPSA) is 83.4 Å². The van der Waals surface area contributed by atoms with Crippen molar-refractivity contribution in [3.63, 3.8) is 0 Å². The molecule has 0 spiro atoms. The fraction of sp³-hybridized carbons (Fsp3) is 0.143. The zero-order valence-corrected chi connectivity index (χ0v) is 17.4. The maximum Gasteiger partial charge on any atom is 0.253 e. The minimum Gasteiger partial charge on any atom is -0.460 e. The molecule has 2 aromatic carbocycles. The standard InChI is InChI=1S/C21H18Cl2FN3O3/c1-25-21(29)13-4-2-3-5-18(13)27-20(28)11-26-10-12-6-7-19(30-12)14-8-16(23)17(24)9-15(14)22/h2-9,26H,10-11H2,1H3,(H,25,29)(H,27,28). The van der Waals surface area contributed by atoms with Gasteiger partial charge in [0.2, 0.25) is 5.91 Å². The van der Waals surface area contributed by atoms with Crippen LogP contribution in [0, 0.1) is 5.82 Å². The first-order valence-electron chi connectivity index (χ1n) is 8.94. The van der Waals surface area contributed by atoms with E-state index >= 15 is 0 Å². The molecule has 156 valence electrons. The molecule has 0 atom stereocenters. The van der Waals surface area contributed by atoms with E-state index in [1.54, 1.807) is 36.4 Å². The molecule has 30 heavy (non-hydrogen) atoms. The molecule has 0 aliphatic rings. The Morgan fingerprint density at radius 2 is 1.83 bits per heavy atom. The third kappa shape index (κ3) is 5.18. The van der Waals surface area contributed by atoms with Crippen LogP contribution in [0.4, 0.5) is 10.1 Å². The summed E-state index contributed by atoms with van der Waals surface area (Å²) in [5.41, 5.74) is 1.27. The number of hydrogen-bond donors (Lipinski definition) is 3. The second-order valence-electron chi connectivity index (χ2n) is 6.29. The third-order valence-electron chi connectivity index (χ3n) is 4.19. The van der Waals surface area contributed by atoms with E-state index in [9.17, 15) is 14.0 Å². The number of benzene rings is 2. The second kappa shape index (κ2) is 9.75. The SMILES string of the molecule is CNC(=O)c1ccccc1NC(=O)CNCc1ccc(-c2cc(Cl)c(F)cc2Cl)o1. The number of carbonyl (C=O) groups excluding carboxylic acids is 2. The van der Waals surface area contributed by atoms with Crippen molar-refractivity contribution in [2.45, 2.75) is 6.54 Å². The molecule has 0 aliphatic heterocycles. The molecule has 2 amide bonds. The van der Waals surface area contributed by atoms with Crippen molar-refractivity contribution in [1.29, 1.82) is 0 Å². The highest BCUT2D eigenvalue weighted by molar-refractivity contribution is 6.35. The Morgan fingerprint density at radius 1 is 1.07 bits per heavy atom. The summed E-state index contributed by atoms with van der Waals surface area (Å²) in [7, 11) is 1.52. The van der Waals surface area contributed by atoms with E-state index in [2.05, 4.69) is 16.0 Å². The Morgan fingerprint density at radius 3 is 2.60 bits per heavy atom. The fourth-order valence-corrected chi connectivity index (χ4v) is 3.15. The molecule has 0 fully saturated rings. The highest BCUT2D eigenvalue weighted by atomic mass is 35.5. The van der Waals surface area contributed by atoms with Crippen LogP contribution in [0.1, 0.15) is 16.1 Å². The molecule has 0 saturated carbocycles. The molecule has 1 aromatic heterocycles. The minimum absolute atomic E-state index is 0.00123. The molecule has 1 heterocycles. The summed E-state index contributed by atoms with van der Waals surface area (Å²) in [4.78, 5) is 24.1. The first kappa shape index (κ1) is 21.8. The van der Waals surface area contributed by atoms with Crippen molar-refractivity contribution >= 4 is 40.7 Å². The fourth-order valence-electron chi connectivity index (χ4n) is 2.75. The molecule has 0 aliphatic carbocycles. The molecular weight excluding hydrogens is 432 g/mol. The van der Waals surface area contributed by atoms with Crippen molar-refractivity contribution < 1.29 is 18.4 Å². The molecular formula is C21H18Cl2FN3O3. The number of para-hydroxylation sites is 1. The van der Waals surface area contributed by atoms with Crippen molar-refractivity contribution in [2.24, 2.45) is 0 Å². The molecule has 0 unspecified atom stereocenters. The van der Waals surface area contributed by atoms with Gasteiger partial charge in [0.1, 0.15) is 17.3 Å². The van der Waals surface area contributed by atoms with Crippen LogP contribution < -0.4 is 16.0 Å². The number of rotatable bonds is 7. The van der Waals surface area contributed by atoms with Crippen LogP contribution in [0.2, 0.25) is 10.0 Å². The average molecular weight is 450 g/mol. The van der Waals surface area contributed by atoms with Crippen molar-refractivity contribution in [2.75, 3.05) is 18.9 Å². The van der Waals surface area contributed by atoms with Gasteiger partial charge < -0.3 is 20.4 Å². The summed E-state index contributed by atoms with van der Waals surface area (Å²) in [6, 6.07) is 12.6. The first-order chi connectivity index (χ1) is 14.4. The van der Waals surface area contributed by atoms with Crippen molar-refractivity contribution in [1.82, 2.24) is 10.6 Å². The van der Waals surface area contributed by atoms with Gasteiger partial charge >= 0.3 is 0 Å². The van der Waals surface area contributed by atoms with Crippen LogP contribution in [0.3, 0.4) is 0 Å². The largest absolute Gasteiger partial charge is 0.460 e. The lowest BCUT2D eigenvalue weighted by Gasteiger charge is -2.10. The van der Waals surface area contributed by atoms with Gasteiger partial charge in [-0.3, -0.25) is 9.59 Å². The van der Waals surface area contributed by atoms with Crippen molar-refractivity contribution in [3.05, 3.63) is 75.7 Å². The predicted octanol–water partition coefficient (Wildman–Crippen LogP) is 4.48. The summed E-state index contributed by atoms with van der Waals surface area (Å²) in [5, 5.41) is 8.31. The van der Waals surface area contributed by atoms with Crippen molar-refractivity contribution in [3.8, 4) is 11.3 Å². The van der Waals surface area contributed by atoms with Gasteiger partial charge in [0.15, 0.2) is 0 Å². The minimum atomic E-state index is -0.608. The van der Waals surface area contributed by atoms with E-state index in [4.69, 9.17) is 27.6 Å². The van der Waals surface area contributed by atoms with Gasteiger partial charge in [-0.05, 0) is 36.4 Å².